The largest absolute Gasteiger partial charge is 0.369 e. The van der Waals surface area contributed by atoms with E-state index in [1.165, 1.54) is 5.56 Å². The van der Waals surface area contributed by atoms with Crippen molar-refractivity contribution in [2.24, 2.45) is 11.7 Å². The molecule has 4 rings (SSSR count). The highest BCUT2D eigenvalue weighted by Crippen LogP contribution is 2.25. The number of hydrogen-bond acceptors (Lipinski definition) is 5. The van der Waals surface area contributed by atoms with E-state index in [1.54, 1.807) is 10.7 Å². The molecular formula is C24H29N5O2. The number of carbonyl (C=O) groups excluding carboxylic acids is 2. The van der Waals surface area contributed by atoms with Crippen molar-refractivity contribution in [3.8, 4) is 0 Å². The van der Waals surface area contributed by atoms with Crippen LogP contribution in [0.2, 0.25) is 0 Å². The van der Waals surface area contributed by atoms with Crippen molar-refractivity contribution in [2.75, 3.05) is 18.0 Å². The summed E-state index contributed by atoms with van der Waals surface area (Å²) >= 11 is 0. The summed E-state index contributed by atoms with van der Waals surface area (Å²) in [7, 11) is 0. The number of anilines is 1. The molecule has 2 N–H and O–H groups in total. The van der Waals surface area contributed by atoms with Crippen LogP contribution in [0.1, 0.15) is 55.2 Å². The van der Waals surface area contributed by atoms with Crippen LogP contribution in [0.4, 0.5) is 5.82 Å². The summed E-state index contributed by atoms with van der Waals surface area (Å²) in [4.78, 5) is 31.2. The molecule has 0 aliphatic carbocycles. The van der Waals surface area contributed by atoms with Gasteiger partial charge in [-0.15, -0.1) is 0 Å². The SMILES string of the molecule is CC(C)(C)c1ccc(C(=O)Cc2cc(N3CCC(C(N)=O)CC3)n3nccc3n2)cc1. The van der Waals surface area contributed by atoms with E-state index in [-0.39, 0.29) is 29.4 Å². The first-order valence-corrected chi connectivity index (χ1v) is 10.7. The molecule has 1 aromatic carbocycles. The molecule has 7 heteroatoms. The van der Waals surface area contributed by atoms with Crippen LogP contribution < -0.4 is 10.6 Å². The molecule has 2 aromatic heterocycles. The molecule has 0 saturated carbocycles. The first kappa shape index (κ1) is 21.0. The Morgan fingerprint density at radius 1 is 1.10 bits per heavy atom. The Labute approximate surface area is 182 Å². The topological polar surface area (TPSA) is 93.6 Å². The molecule has 3 heterocycles. The molecule has 0 atom stereocenters. The quantitative estimate of drug-likeness (QED) is 0.641. The molecule has 0 radical (unpaired) electrons. The maximum atomic E-state index is 12.9. The van der Waals surface area contributed by atoms with Gasteiger partial charge < -0.3 is 10.6 Å². The number of hydrogen-bond donors (Lipinski definition) is 1. The highest BCUT2D eigenvalue weighted by molar-refractivity contribution is 5.97. The van der Waals surface area contributed by atoms with E-state index in [4.69, 9.17) is 5.73 Å². The van der Waals surface area contributed by atoms with Crippen molar-refractivity contribution in [3.05, 3.63) is 59.4 Å². The fourth-order valence-corrected chi connectivity index (χ4v) is 4.08. The van der Waals surface area contributed by atoms with Gasteiger partial charge in [0.05, 0.1) is 18.3 Å². The molecule has 0 spiro atoms. The Bertz CT molecular complexity index is 1100. The van der Waals surface area contributed by atoms with Gasteiger partial charge >= 0.3 is 0 Å². The predicted octanol–water partition coefficient (Wildman–Crippen LogP) is 3.15. The number of nitrogens with zero attached hydrogens (tertiary/aromatic N) is 4. The zero-order chi connectivity index (χ0) is 22.2. The standard InChI is InChI=1S/C24H29N5O2/c1-24(2,3)18-6-4-16(5-7-18)20(30)14-19-15-22(29-21(27-19)8-11-26-29)28-12-9-17(10-13-28)23(25)31/h4-8,11,15,17H,9-10,12-14H2,1-3H3,(H2,25,31). The first-order valence-electron chi connectivity index (χ1n) is 10.7. The number of primary amides is 1. The van der Waals surface area contributed by atoms with E-state index < -0.39 is 0 Å². The summed E-state index contributed by atoms with van der Waals surface area (Å²) in [5, 5.41) is 4.40. The van der Waals surface area contributed by atoms with Crippen molar-refractivity contribution in [1.29, 1.82) is 0 Å². The average molecular weight is 420 g/mol. The van der Waals surface area contributed by atoms with Gasteiger partial charge in [0.2, 0.25) is 5.91 Å². The molecule has 0 bridgehead atoms. The molecule has 1 aliphatic rings. The lowest BCUT2D eigenvalue weighted by molar-refractivity contribution is -0.122. The number of benzene rings is 1. The van der Waals surface area contributed by atoms with Gasteiger partial charge in [-0.05, 0) is 23.8 Å². The maximum absolute atomic E-state index is 12.9. The summed E-state index contributed by atoms with van der Waals surface area (Å²) in [6, 6.07) is 11.6. The highest BCUT2D eigenvalue weighted by atomic mass is 16.1. The number of aromatic nitrogens is 3. The fourth-order valence-electron chi connectivity index (χ4n) is 4.08. The van der Waals surface area contributed by atoms with Crippen molar-refractivity contribution < 1.29 is 9.59 Å². The van der Waals surface area contributed by atoms with Gasteiger partial charge in [0.15, 0.2) is 11.4 Å². The number of carbonyl (C=O) groups is 2. The monoisotopic (exact) mass is 419 g/mol. The zero-order valence-corrected chi connectivity index (χ0v) is 18.3. The van der Waals surface area contributed by atoms with Crippen LogP contribution in [0.3, 0.4) is 0 Å². The van der Waals surface area contributed by atoms with E-state index in [0.717, 1.165) is 18.7 Å². The van der Waals surface area contributed by atoms with Crippen LogP contribution in [0, 0.1) is 5.92 Å². The number of piperidine rings is 1. The van der Waals surface area contributed by atoms with Gasteiger partial charge in [-0.1, -0.05) is 45.0 Å². The third kappa shape index (κ3) is 4.45. The lowest BCUT2D eigenvalue weighted by Crippen LogP contribution is -2.39. The average Bonchev–Trinajstić information content (AvgIpc) is 3.21. The molecule has 0 unspecified atom stereocenters. The molecule has 1 aliphatic heterocycles. The number of nitrogens with two attached hydrogens (primary N) is 1. The molecule has 1 amide bonds. The van der Waals surface area contributed by atoms with E-state index in [1.807, 2.05) is 36.4 Å². The Balaban J connectivity index is 1.56. The third-order valence-electron chi connectivity index (χ3n) is 6.03. The lowest BCUT2D eigenvalue weighted by atomic mass is 9.86. The Kier molecular flexibility index (Phi) is 5.52. The van der Waals surface area contributed by atoms with Crippen molar-refractivity contribution >= 4 is 23.2 Å². The van der Waals surface area contributed by atoms with Crippen LogP contribution in [0.25, 0.3) is 5.65 Å². The van der Waals surface area contributed by atoms with Crippen LogP contribution >= 0.6 is 0 Å². The van der Waals surface area contributed by atoms with Gasteiger partial charge in [0.1, 0.15) is 5.82 Å². The van der Waals surface area contributed by atoms with Crippen molar-refractivity contribution in [3.63, 3.8) is 0 Å². The van der Waals surface area contributed by atoms with Crippen LogP contribution in [-0.4, -0.2) is 39.4 Å². The van der Waals surface area contributed by atoms with Crippen LogP contribution in [0.5, 0.6) is 0 Å². The maximum Gasteiger partial charge on any atom is 0.220 e. The Morgan fingerprint density at radius 2 is 1.77 bits per heavy atom. The first-order chi connectivity index (χ1) is 14.7. The Hall–Kier alpha value is -3.22. The third-order valence-corrected chi connectivity index (χ3v) is 6.03. The van der Waals surface area contributed by atoms with Crippen LogP contribution in [0.15, 0.2) is 42.6 Å². The minimum Gasteiger partial charge on any atom is -0.369 e. The summed E-state index contributed by atoms with van der Waals surface area (Å²) in [6.07, 6.45) is 3.36. The van der Waals surface area contributed by atoms with Gasteiger partial charge in [-0.2, -0.15) is 9.61 Å². The van der Waals surface area contributed by atoms with E-state index in [2.05, 4.69) is 35.8 Å². The molecule has 3 aromatic rings. The number of Topliss-reactive ketones (excluding diaryl/α,β-unsaturated/α-hetero) is 1. The van der Waals surface area contributed by atoms with E-state index >= 15 is 0 Å². The molecule has 1 saturated heterocycles. The number of amides is 1. The number of ketones is 1. The van der Waals surface area contributed by atoms with Gasteiger partial charge in [-0.3, -0.25) is 9.59 Å². The van der Waals surface area contributed by atoms with Crippen LogP contribution in [-0.2, 0) is 16.6 Å². The second kappa shape index (κ2) is 8.13. The fraction of sp³-hybridized carbons (Fsp3) is 0.417. The zero-order valence-electron chi connectivity index (χ0n) is 18.3. The molecular weight excluding hydrogens is 390 g/mol. The minimum atomic E-state index is -0.234. The second-order valence-corrected chi connectivity index (χ2v) is 9.30. The Morgan fingerprint density at radius 3 is 2.39 bits per heavy atom. The van der Waals surface area contributed by atoms with E-state index in [9.17, 15) is 9.59 Å². The second-order valence-electron chi connectivity index (χ2n) is 9.30. The predicted molar refractivity (Wildman–Crippen MR) is 120 cm³/mol. The normalized spacial score (nSPS) is 15.4. The summed E-state index contributed by atoms with van der Waals surface area (Å²) in [6.45, 7) is 7.90. The minimum absolute atomic E-state index is 0.0372. The van der Waals surface area contributed by atoms with Gasteiger partial charge in [0, 0.05) is 36.7 Å². The molecule has 162 valence electrons. The lowest BCUT2D eigenvalue weighted by Gasteiger charge is -2.32. The summed E-state index contributed by atoms with van der Waals surface area (Å²) in [5.74, 6) is 0.615. The smallest absolute Gasteiger partial charge is 0.220 e. The van der Waals surface area contributed by atoms with Crippen molar-refractivity contribution in [2.45, 2.75) is 45.4 Å². The molecule has 1 fully saturated rings. The molecule has 31 heavy (non-hydrogen) atoms. The number of rotatable bonds is 5. The summed E-state index contributed by atoms with van der Waals surface area (Å²) in [5.41, 5.74) is 8.83. The van der Waals surface area contributed by atoms with Gasteiger partial charge in [0.25, 0.3) is 0 Å². The number of fused-ring (bicyclic) bond motifs is 1. The van der Waals surface area contributed by atoms with E-state index in [0.29, 0.717) is 30.0 Å². The molecule has 7 nitrogen and oxygen atoms in total. The summed E-state index contributed by atoms with van der Waals surface area (Å²) < 4.78 is 1.79. The van der Waals surface area contributed by atoms with Crippen molar-refractivity contribution in [1.82, 2.24) is 14.6 Å². The van der Waals surface area contributed by atoms with Gasteiger partial charge in [-0.25, -0.2) is 4.98 Å². The highest BCUT2D eigenvalue weighted by Gasteiger charge is 2.25.